The van der Waals surface area contributed by atoms with Crippen LogP contribution in [0.5, 0.6) is 0 Å². The van der Waals surface area contributed by atoms with Crippen LogP contribution in [0.15, 0.2) is 24.3 Å². The Morgan fingerprint density at radius 3 is 2.50 bits per heavy atom. The molecule has 1 aromatic rings. The second kappa shape index (κ2) is 5.49. The molecule has 1 fully saturated rings. The van der Waals surface area contributed by atoms with Crippen LogP contribution in [-0.4, -0.2) is 6.54 Å². The predicted molar refractivity (Wildman–Crippen MR) is 69.6 cm³/mol. The molecule has 2 rings (SSSR count). The highest BCUT2D eigenvalue weighted by molar-refractivity contribution is 5.31. The fourth-order valence-electron chi connectivity index (χ4n) is 2.89. The van der Waals surface area contributed by atoms with Gasteiger partial charge in [-0.25, -0.2) is 0 Å². The van der Waals surface area contributed by atoms with Crippen molar-refractivity contribution in [3.8, 4) is 0 Å². The number of hydrogen-bond donors (Lipinski definition) is 1. The zero-order valence-corrected chi connectivity index (χ0v) is 10.3. The number of benzene rings is 1. The summed E-state index contributed by atoms with van der Waals surface area (Å²) in [4.78, 5) is 0. The highest BCUT2D eigenvalue weighted by atomic mass is 14.5. The van der Waals surface area contributed by atoms with E-state index < -0.39 is 0 Å². The maximum Gasteiger partial charge on any atom is -0.00366 e. The molecule has 0 bridgehead atoms. The predicted octanol–water partition coefficient (Wildman–Crippen LogP) is 3.48. The minimum atomic E-state index is 0.764. The molecular weight excluding hydrogens is 194 g/mol. The summed E-state index contributed by atoms with van der Waals surface area (Å²) in [6.07, 6.45) is 6.54. The lowest BCUT2D eigenvalue weighted by Gasteiger charge is -2.28. The third-order valence-electron chi connectivity index (χ3n) is 3.92. The SMILES string of the molecule is CC1CCC(c2ccccc2CCN)CC1. The maximum atomic E-state index is 5.68. The zero-order valence-electron chi connectivity index (χ0n) is 10.3. The first-order chi connectivity index (χ1) is 7.81. The lowest BCUT2D eigenvalue weighted by molar-refractivity contribution is 0.347. The van der Waals surface area contributed by atoms with Crippen LogP contribution in [0.4, 0.5) is 0 Å². The smallest absolute Gasteiger partial charge is 0.00366 e. The van der Waals surface area contributed by atoms with Crippen LogP contribution in [0.2, 0.25) is 0 Å². The van der Waals surface area contributed by atoms with Crippen molar-refractivity contribution >= 4 is 0 Å². The molecule has 0 spiro atoms. The molecule has 0 heterocycles. The van der Waals surface area contributed by atoms with Gasteiger partial charge in [-0.2, -0.15) is 0 Å². The lowest BCUT2D eigenvalue weighted by Crippen LogP contribution is -2.13. The van der Waals surface area contributed by atoms with Gasteiger partial charge < -0.3 is 5.73 Å². The van der Waals surface area contributed by atoms with E-state index in [1.165, 1.54) is 31.2 Å². The van der Waals surface area contributed by atoms with E-state index in [0.29, 0.717) is 0 Å². The van der Waals surface area contributed by atoms with Crippen molar-refractivity contribution in [2.45, 2.75) is 44.9 Å². The fourth-order valence-corrected chi connectivity index (χ4v) is 2.89. The van der Waals surface area contributed by atoms with Gasteiger partial charge in [0.05, 0.1) is 0 Å². The molecule has 88 valence electrons. The molecule has 0 amide bonds. The molecule has 1 aliphatic carbocycles. The van der Waals surface area contributed by atoms with Gasteiger partial charge in [-0.15, -0.1) is 0 Å². The van der Waals surface area contributed by atoms with Gasteiger partial charge in [0, 0.05) is 0 Å². The summed E-state index contributed by atoms with van der Waals surface area (Å²) in [6, 6.07) is 8.87. The molecule has 1 nitrogen and oxygen atoms in total. The molecule has 0 aromatic heterocycles. The summed E-state index contributed by atoms with van der Waals surface area (Å²) in [7, 11) is 0. The average Bonchev–Trinajstić information content (AvgIpc) is 2.32. The normalized spacial score (nSPS) is 25.6. The quantitative estimate of drug-likeness (QED) is 0.824. The van der Waals surface area contributed by atoms with E-state index in [1.54, 1.807) is 5.56 Å². The number of nitrogens with two attached hydrogens (primary N) is 1. The van der Waals surface area contributed by atoms with E-state index in [2.05, 4.69) is 31.2 Å². The van der Waals surface area contributed by atoms with Crippen LogP contribution in [0.3, 0.4) is 0 Å². The molecule has 0 unspecified atom stereocenters. The highest BCUT2D eigenvalue weighted by Gasteiger charge is 2.21. The van der Waals surface area contributed by atoms with E-state index in [1.807, 2.05) is 0 Å². The van der Waals surface area contributed by atoms with Crippen molar-refractivity contribution in [1.29, 1.82) is 0 Å². The van der Waals surface area contributed by atoms with E-state index in [9.17, 15) is 0 Å². The van der Waals surface area contributed by atoms with Gasteiger partial charge in [0.1, 0.15) is 0 Å². The van der Waals surface area contributed by atoms with Crippen LogP contribution in [0.1, 0.15) is 49.7 Å². The summed E-state index contributed by atoms with van der Waals surface area (Å²) in [5.74, 6) is 1.72. The Morgan fingerprint density at radius 1 is 1.12 bits per heavy atom. The first-order valence-corrected chi connectivity index (χ1v) is 6.59. The molecule has 2 N–H and O–H groups in total. The van der Waals surface area contributed by atoms with Crippen LogP contribution < -0.4 is 5.73 Å². The lowest BCUT2D eigenvalue weighted by atomic mass is 9.78. The Bertz CT molecular complexity index is 324. The Kier molecular flexibility index (Phi) is 4.00. The van der Waals surface area contributed by atoms with Gasteiger partial charge in [-0.3, -0.25) is 0 Å². The Hall–Kier alpha value is -0.820. The molecule has 0 atom stereocenters. The van der Waals surface area contributed by atoms with E-state index in [0.717, 1.165) is 24.8 Å². The van der Waals surface area contributed by atoms with Crippen LogP contribution in [0, 0.1) is 5.92 Å². The van der Waals surface area contributed by atoms with Crippen molar-refractivity contribution < 1.29 is 0 Å². The van der Waals surface area contributed by atoms with Gasteiger partial charge in [-0.1, -0.05) is 44.0 Å². The number of hydrogen-bond acceptors (Lipinski definition) is 1. The Balaban J connectivity index is 2.13. The third-order valence-corrected chi connectivity index (χ3v) is 3.92. The van der Waals surface area contributed by atoms with Crippen molar-refractivity contribution in [1.82, 2.24) is 0 Å². The van der Waals surface area contributed by atoms with Gasteiger partial charge in [0.2, 0.25) is 0 Å². The largest absolute Gasteiger partial charge is 0.330 e. The molecule has 0 aliphatic heterocycles. The molecule has 0 saturated heterocycles. The van der Waals surface area contributed by atoms with E-state index >= 15 is 0 Å². The van der Waals surface area contributed by atoms with E-state index in [-0.39, 0.29) is 0 Å². The topological polar surface area (TPSA) is 26.0 Å². The Labute approximate surface area is 99.0 Å². The molecule has 0 radical (unpaired) electrons. The fraction of sp³-hybridized carbons (Fsp3) is 0.600. The zero-order chi connectivity index (χ0) is 11.4. The minimum Gasteiger partial charge on any atom is -0.330 e. The third kappa shape index (κ3) is 2.65. The average molecular weight is 217 g/mol. The Morgan fingerprint density at radius 2 is 1.81 bits per heavy atom. The standard InChI is InChI=1S/C15H23N/c1-12-6-8-14(9-7-12)15-5-3-2-4-13(15)10-11-16/h2-5,12,14H,6-11,16H2,1H3. The maximum absolute atomic E-state index is 5.68. The monoisotopic (exact) mass is 217 g/mol. The molecule has 1 aromatic carbocycles. The van der Waals surface area contributed by atoms with Crippen molar-refractivity contribution in [2.24, 2.45) is 11.7 Å². The van der Waals surface area contributed by atoms with Gasteiger partial charge in [0.25, 0.3) is 0 Å². The molecule has 1 heteroatoms. The molecule has 1 saturated carbocycles. The van der Waals surface area contributed by atoms with E-state index in [4.69, 9.17) is 5.73 Å². The van der Waals surface area contributed by atoms with Crippen LogP contribution in [-0.2, 0) is 6.42 Å². The summed E-state index contributed by atoms with van der Waals surface area (Å²) < 4.78 is 0. The molecular formula is C15H23N. The van der Waals surface area contributed by atoms with Crippen LogP contribution >= 0.6 is 0 Å². The summed E-state index contributed by atoms with van der Waals surface area (Å²) in [5.41, 5.74) is 8.73. The number of rotatable bonds is 3. The summed E-state index contributed by atoms with van der Waals surface area (Å²) in [5, 5.41) is 0. The first kappa shape index (κ1) is 11.7. The van der Waals surface area contributed by atoms with Crippen molar-refractivity contribution in [2.75, 3.05) is 6.54 Å². The molecule has 1 aliphatic rings. The van der Waals surface area contributed by atoms with Gasteiger partial charge >= 0.3 is 0 Å². The van der Waals surface area contributed by atoms with Crippen molar-refractivity contribution in [3.05, 3.63) is 35.4 Å². The van der Waals surface area contributed by atoms with Gasteiger partial charge in [0.15, 0.2) is 0 Å². The van der Waals surface area contributed by atoms with Crippen LogP contribution in [0.25, 0.3) is 0 Å². The van der Waals surface area contributed by atoms with Gasteiger partial charge in [-0.05, 0) is 48.8 Å². The second-order valence-electron chi connectivity index (χ2n) is 5.19. The summed E-state index contributed by atoms with van der Waals surface area (Å²) in [6.45, 7) is 3.14. The first-order valence-electron chi connectivity index (χ1n) is 6.59. The van der Waals surface area contributed by atoms with Crippen molar-refractivity contribution in [3.63, 3.8) is 0 Å². The minimum absolute atomic E-state index is 0.764. The highest BCUT2D eigenvalue weighted by Crippen LogP contribution is 2.36. The summed E-state index contributed by atoms with van der Waals surface area (Å²) >= 11 is 0. The second-order valence-corrected chi connectivity index (χ2v) is 5.19. The molecule has 16 heavy (non-hydrogen) atoms.